The van der Waals surface area contributed by atoms with E-state index < -0.39 is 0 Å². The number of Topliss-reactive ketones (excluding diaryl/α,β-unsaturated/α-hetero) is 1. The van der Waals surface area contributed by atoms with Gasteiger partial charge in [-0.15, -0.1) is 0 Å². The number of carbonyl (C=O) groups is 1. The number of benzene rings is 1. The van der Waals surface area contributed by atoms with Crippen LogP contribution in [0.3, 0.4) is 0 Å². The fraction of sp³-hybridized carbons (Fsp3) is 0.407. The number of aliphatic imine (C=N–C) groups is 1. The van der Waals surface area contributed by atoms with Crippen LogP contribution in [0.4, 0.5) is 0 Å². The first kappa shape index (κ1) is 23.7. The first-order valence-corrected chi connectivity index (χ1v) is 11.5. The Kier molecular flexibility index (Phi) is 8.23. The fourth-order valence-corrected chi connectivity index (χ4v) is 4.29. The number of hydrogen-bond acceptors (Lipinski definition) is 5. The van der Waals surface area contributed by atoms with Crippen LogP contribution in [0, 0.1) is 5.92 Å². The average molecular weight is 434 g/mol. The number of ketones is 1. The SMILES string of the molecule is C=C(C1=CC2CC=C(c3ccc(CC(C)=O)cc3)C=C2N=C(N)C1)N(CCC)CCCO. The second kappa shape index (κ2) is 11.1. The summed E-state index contributed by atoms with van der Waals surface area (Å²) in [6, 6.07) is 8.17. The Morgan fingerprint density at radius 1 is 1.28 bits per heavy atom. The zero-order valence-corrected chi connectivity index (χ0v) is 19.3. The largest absolute Gasteiger partial charge is 0.396 e. The standard InChI is InChI=1S/C27H35N3O2/c1-4-12-30(13-5-14-31)20(3)25-16-24-11-10-23(17-26(24)29-27(28)18-25)22-8-6-21(7-9-22)15-19(2)32/h6-10,16-17,24,31H,3-5,11-15,18H2,1-2H3,(H2,28,29). The van der Waals surface area contributed by atoms with E-state index in [0.717, 1.165) is 66.0 Å². The lowest BCUT2D eigenvalue weighted by Gasteiger charge is -2.28. The van der Waals surface area contributed by atoms with E-state index in [1.54, 1.807) is 6.92 Å². The van der Waals surface area contributed by atoms with Crippen molar-refractivity contribution in [2.24, 2.45) is 16.6 Å². The third-order valence-electron chi connectivity index (χ3n) is 5.89. The van der Waals surface area contributed by atoms with Gasteiger partial charge in [-0.3, -0.25) is 4.79 Å². The van der Waals surface area contributed by atoms with Crippen molar-refractivity contribution < 1.29 is 9.90 Å². The topological polar surface area (TPSA) is 78.9 Å². The van der Waals surface area contributed by atoms with Crippen LogP contribution in [0.15, 0.2) is 71.0 Å². The zero-order valence-electron chi connectivity index (χ0n) is 19.3. The number of rotatable bonds is 10. The van der Waals surface area contributed by atoms with E-state index in [9.17, 15) is 9.90 Å². The Hall–Kier alpha value is -2.92. The first-order valence-electron chi connectivity index (χ1n) is 11.5. The summed E-state index contributed by atoms with van der Waals surface area (Å²) in [6.45, 7) is 9.99. The van der Waals surface area contributed by atoms with Gasteiger partial charge in [0.25, 0.3) is 0 Å². The van der Waals surface area contributed by atoms with Crippen LogP contribution in [0.25, 0.3) is 5.57 Å². The zero-order chi connectivity index (χ0) is 23.1. The van der Waals surface area contributed by atoms with Gasteiger partial charge in [-0.1, -0.05) is 49.9 Å². The molecule has 1 atom stereocenters. The van der Waals surface area contributed by atoms with Gasteiger partial charge in [0.15, 0.2) is 0 Å². The molecule has 0 bridgehead atoms. The molecule has 0 amide bonds. The van der Waals surface area contributed by atoms with Crippen LogP contribution in [0.1, 0.15) is 50.7 Å². The van der Waals surface area contributed by atoms with Gasteiger partial charge >= 0.3 is 0 Å². The highest BCUT2D eigenvalue weighted by atomic mass is 16.3. The minimum atomic E-state index is 0.168. The molecular formula is C27H35N3O2. The molecule has 3 rings (SSSR count). The quantitative estimate of drug-likeness (QED) is 0.573. The van der Waals surface area contributed by atoms with Gasteiger partial charge in [0.2, 0.25) is 0 Å². The second-order valence-electron chi connectivity index (χ2n) is 8.63. The van der Waals surface area contributed by atoms with Gasteiger partial charge in [0, 0.05) is 44.2 Å². The number of aliphatic hydroxyl groups is 1. The highest BCUT2D eigenvalue weighted by Crippen LogP contribution is 2.35. The maximum atomic E-state index is 11.4. The number of nitrogens with two attached hydrogens (primary N) is 1. The van der Waals surface area contributed by atoms with Crippen LogP contribution in [-0.4, -0.2) is 41.3 Å². The first-order chi connectivity index (χ1) is 15.4. The smallest absolute Gasteiger partial charge is 0.134 e. The maximum absolute atomic E-state index is 11.4. The molecule has 1 aromatic rings. The van der Waals surface area contributed by atoms with E-state index in [0.29, 0.717) is 18.7 Å². The molecule has 32 heavy (non-hydrogen) atoms. The molecule has 5 nitrogen and oxygen atoms in total. The molecule has 2 aliphatic rings. The molecular weight excluding hydrogens is 398 g/mol. The Labute approximate surface area is 191 Å². The summed E-state index contributed by atoms with van der Waals surface area (Å²) in [5, 5.41) is 9.25. The van der Waals surface area contributed by atoms with Gasteiger partial charge in [-0.2, -0.15) is 0 Å². The number of hydrogen-bond donors (Lipinski definition) is 2. The minimum absolute atomic E-state index is 0.168. The number of fused-ring (bicyclic) bond motifs is 1. The molecule has 0 spiro atoms. The predicted molar refractivity (Wildman–Crippen MR) is 132 cm³/mol. The lowest BCUT2D eigenvalue weighted by Crippen LogP contribution is -2.27. The molecule has 0 aromatic heterocycles. The number of aliphatic hydroxyl groups excluding tert-OH is 1. The van der Waals surface area contributed by atoms with Gasteiger partial charge in [0.05, 0.1) is 5.70 Å². The number of nitrogens with zero attached hydrogens (tertiary/aromatic N) is 2. The fourth-order valence-electron chi connectivity index (χ4n) is 4.29. The predicted octanol–water partition coefficient (Wildman–Crippen LogP) is 4.40. The van der Waals surface area contributed by atoms with Crippen LogP contribution in [-0.2, 0) is 11.2 Å². The van der Waals surface area contributed by atoms with Crippen LogP contribution < -0.4 is 5.73 Å². The van der Waals surface area contributed by atoms with Crippen molar-refractivity contribution in [2.45, 2.75) is 46.0 Å². The molecule has 1 unspecified atom stereocenters. The molecule has 0 saturated carbocycles. The summed E-state index contributed by atoms with van der Waals surface area (Å²) in [5.41, 5.74) is 12.7. The normalized spacial score (nSPS) is 17.9. The summed E-state index contributed by atoms with van der Waals surface area (Å²) >= 11 is 0. The summed E-state index contributed by atoms with van der Waals surface area (Å²) in [4.78, 5) is 18.3. The number of allylic oxidation sites excluding steroid dienone is 5. The molecule has 5 heteroatoms. The number of carbonyl (C=O) groups excluding carboxylic acids is 1. The summed E-state index contributed by atoms with van der Waals surface area (Å²) in [7, 11) is 0. The highest BCUT2D eigenvalue weighted by molar-refractivity contribution is 5.86. The Bertz CT molecular complexity index is 967. The van der Waals surface area contributed by atoms with Crippen molar-refractivity contribution in [1.82, 2.24) is 4.90 Å². The van der Waals surface area contributed by atoms with Gasteiger partial charge in [-0.05, 0) is 54.5 Å². The highest BCUT2D eigenvalue weighted by Gasteiger charge is 2.23. The van der Waals surface area contributed by atoms with E-state index in [4.69, 9.17) is 10.7 Å². The van der Waals surface area contributed by atoms with Crippen molar-refractivity contribution in [3.8, 4) is 0 Å². The Morgan fingerprint density at radius 2 is 2.03 bits per heavy atom. The Balaban J connectivity index is 1.81. The third-order valence-corrected chi connectivity index (χ3v) is 5.89. The lowest BCUT2D eigenvalue weighted by atomic mass is 9.88. The molecule has 1 heterocycles. The molecule has 0 fully saturated rings. The van der Waals surface area contributed by atoms with Crippen molar-refractivity contribution in [1.29, 1.82) is 0 Å². The van der Waals surface area contributed by atoms with Gasteiger partial charge in [-0.25, -0.2) is 4.99 Å². The van der Waals surface area contributed by atoms with Crippen molar-refractivity contribution >= 4 is 17.2 Å². The van der Waals surface area contributed by atoms with E-state index in [1.807, 2.05) is 12.1 Å². The number of amidine groups is 1. The van der Waals surface area contributed by atoms with E-state index in [1.165, 1.54) is 0 Å². The molecule has 1 aromatic carbocycles. The second-order valence-corrected chi connectivity index (χ2v) is 8.63. The van der Waals surface area contributed by atoms with Crippen molar-refractivity contribution in [3.63, 3.8) is 0 Å². The summed E-state index contributed by atoms with van der Waals surface area (Å²) in [6.07, 6.45) is 10.3. The van der Waals surface area contributed by atoms with Gasteiger partial charge in [0.1, 0.15) is 11.6 Å². The van der Waals surface area contributed by atoms with Crippen LogP contribution in [0.5, 0.6) is 0 Å². The molecule has 1 aliphatic heterocycles. The molecule has 0 saturated heterocycles. The lowest BCUT2D eigenvalue weighted by molar-refractivity contribution is -0.116. The average Bonchev–Trinajstić information content (AvgIpc) is 2.93. The Morgan fingerprint density at radius 3 is 2.69 bits per heavy atom. The van der Waals surface area contributed by atoms with E-state index in [-0.39, 0.29) is 18.3 Å². The molecule has 170 valence electrons. The van der Waals surface area contributed by atoms with Crippen molar-refractivity contribution in [3.05, 3.63) is 77.2 Å². The summed E-state index contributed by atoms with van der Waals surface area (Å²) < 4.78 is 0. The molecule has 0 radical (unpaired) electrons. The minimum Gasteiger partial charge on any atom is -0.396 e. The van der Waals surface area contributed by atoms with E-state index in [2.05, 4.69) is 48.8 Å². The molecule has 1 aliphatic carbocycles. The van der Waals surface area contributed by atoms with Crippen molar-refractivity contribution in [2.75, 3.05) is 19.7 Å². The third kappa shape index (κ3) is 6.07. The summed E-state index contributed by atoms with van der Waals surface area (Å²) in [5.74, 6) is 0.938. The molecule has 3 N–H and O–H groups in total. The van der Waals surface area contributed by atoms with E-state index >= 15 is 0 Å². The maximum Gasteiger partial charge on any atom is 0.134 e. The van der Waals surface area contributed by atoms with Crippen LogP contribution in [0.2, 0.25) is 0 Å². The monoisotopic (exact) mass is 433 g/mol. The van der Waals surface area contributed by atoms with Gasteiger partial charge < -0.3 is 15.7 Å². The van der Waals surface area contributed by atoms with Crippen LogP contribution >= 0.6 is 0 Å².